The van der Waals surface area contributed by atoms with Gasteiger partial charge in [-0.05, 0) is 12.8 Å². The molecule has 0 heterocycles. The summed E-state index contributed by atoms with van der Waals surface area (Å²) >= 11 is 0. The lowest BCUT2D eigenvalue weighted by Gasteiger charge is -2.21. The number of guanidine groups is 1. The van der Waals surface area contributed by atoms with Crippen LogP contribution in [0.25, 0.3) is 0 Å². The largest absolute Gasteiger partial charge is 0.480 e. The predicted molar refractivity (Wildman–Crippen MR) is 96.6 cm³/mol. The molecule has 0 aliphatic carbocycles. The van der Waals surface area contributed by atoms with Gasteiger partial charge in [0.1, 0.15) is 18.6 Å². The van der Waals surface area contributed by atoms with Crippen molar-refractivity contribution in [1.82, 2.24) is 16.0 Å². The second kappa shape index (κ2) is 13.2. The first-order chi connectivity index (χ1) is 13.1. The van der Waals surface area contributed by atoms with Crippen molar-refractivity contribution < 1.29 is 34.5 Å². The highest BCUT2D eigenvalue weighted by molar-refractivity contribution is 5.93. The minimum atomic E-state index is -1.47. The average molecular weight is 405 g/mol. The molecule has 0 rings (SSSR count). The van der Waals surface area contributed by atoms with E-state index in [2.05, 4.69) is 15.6 Å². The molecule has 0 radical (unpaired) electrons. The number of carbonyl (C=O) groups is 4. The molecular weight excluding hydrogens is 378 g/mol. The number of amides is 3. The van der Waals surface area contributed by atoms with Crippen molar-refractivity contribution in [2.24, 2.45) is 22.2 Å². The van der Waals surface area contributed by atoms with E-state index in [1.807, 2.05) is 5.32 Å². The highest BCUT2D eigenvalue weighted by Gasteiger charge is 2.27. The van der Waals surface area contributed by atoms with Gasteiger partial charge in [0.15, 0.2) is 5.96 Å². The number of aliphatic hydroxyl groups is 2. The average Bonchev–Trinajstić information content (AvgIpc) is 2.64. The van der Waals surface area contributed by atoms with Crippen LogP contribution in [0.15, 0.2) is 4.99 Å². The molecule has 0 aromatic rings. The van der Waals surface area contributed by atoms with Gasteiger partial charge in [-0.15, -0.1) is 0 Å². The molecular formula is C14H27N7O7. The Hall–Kier alpha value is -2.97. The van der Waals surface area contributed by atoms with E-state index in [-0.39, 0.29) is 18.9 Å². The highest BCUT2D eigenvalue weighted by atomic mass is 16.4. The third-order valence-electron chi connectivity index (χ3n) is 3.35. The molecule has 0 spiro atoms. The van der Waals surface area contributed by atoms with Crippen molar-refractivity contribution in [1.29, 1.82) is 0 Å². The maximum atomic E-state index is 12.1. The number of nitrogens with two attached hydrogens (primary N) is 3. The van der Waals surface area contributed by atoms with Crippen LogP contribution in [0, 0.1) is 0 Å². The maximum Gasteiger partial charge on any atom is 0.322 e. The molecule has 0 fully saturated rings. The lowest BCUT2D eigenvalue weighted by Crippen LogP contribution is -2.58. The fraction of sp³-hybridized carbons (Fsp3) is 0.643. The van der Waals surface area contributed by atoms with Crippen molar-refractivity contribution in [2.75, 3.05) is 26.3 Å². The van der Waals surface area contributed by atoms with Crippen LogP contribution in [0.2, 0.25) is 0 Å². The van der Waals surface area contributed by atoms with E-state index in [4.69, 9.17) is 22.3 Å². The molecule has 0 aliphatic rings. The number of hydrogen-bond acceptors (Lipinski definition) is 8. The van der Waals surface area contributed by atoms with E-state index in [9.17, 15) is 29.4 Å². The van der Waals surface area contributed by atoms with E-state index < -0.39 is 61.6 Å². The van der Waals surface area contributed by atoms with E-state index >= 15 is 0 Å². The molecule has 14 nitrogen and oxygen atoms in total. The Bertz CT molecular complexity index is 580. The van der Waals surface area contributed by atoms with Gasteiger partial charge in [-0.3, -0.25) is 24.2 Å². The van der Waals surface area contributed by atoms with Crippen LogP contribution in [-0.2, 0) is 19.2 Å². The SMILES string of the molecule is NC(N)=NCCCC(N)C(=O)NC(CO)C(=O)NC(CO)C(=O)NCC(=O)O. The van der Waals surface area contributed by atoms with Gasteiger partial charge in [-0.25, -0.2) is 0 Å². The lowest BCUT2D eigenvalue weighted by molar-refractivity contribution is -0.139. The smallest absolute Gasteiger partial charge is 0.322 e. The maximum absolute atomic E-state index is 12.1. The van der Waals surface area contributed by atoms with Gasteiger partial charge >= 0.3 is 5.97 Å². The number of rotatable bonds is 13. The second-order valence-corrected chi connectivity index (χ2v) is 5.65. The molecule has 14 heteroatoms. The van der Waals surface area contributed by atoms with Gasteiger partial charge in [-0.1, -0.05) is 0 Å². The summed E-state index contributed by atoms with van der Waals surface area (Å²) in [7, 11) is 0. The molecule has 0 saturated heterocycles. The van der Waals surface area contributed by atoms with Crippen LogP contribution in [0.1, 0.15) is 12.8 Å². The van der Waals surface area contributed by atoms with Gasteiger partial charge in [0.2, 0.25) is 17.7 Å². The summed E-state index contributed by atoms with van der Waals surface area (Å²) in [6.07, 6.45) is 0.609. The van der Waals surface area contributed by atoms with Gasteiger partial charge in [0.25, 0.3) is 0 Å². The number of nitrogens with one attached hydrogen (secondary N) is 3. The van der Waals surface area contributed by atoms with Crippen LogP contribution >= 0.6 is 0 Å². The van der Waals surface area contributed by atoms with Crippen LogP contribution in [0.5, 0.6) is 0 Å². The Morgan fingerprint density at radius 1 is 0.929 bits per heavy atom. The second-order valence-electron chi connectivity index (χ2n) is 5.65. The van der Waals surface area contributed by atoms with Crippen molar-refractivity contribution in [3.05, 3.63) is 0 Å². The zero-order valence-electron chi connectivity index (χ0n) is 15.1. The molecule has 0 aromatic heterocycles. The first-order valence-corrected chi connectivity index (χ1v) is 8.25. The summed E-state index contributed by atoms with van der Waals surface area (Å²) in [4.78, 5) is 50.0. The van der Waals surface area contributed by atoms with Crippen LogP contribution in [-0.4, -0.2) is 89.4 Å². The fourth-order valence-electron chi connectivity index (χ4n) is 1.88. The van der Waals surface area contributed by atoms with E-state index in [0.717, 1.165) is 0 Å². The standard InChI is InChI=1S/C14H27N7O7/c15-7(2-1-3-18-14(16)17)11(26)20-9(6-23)13(28)21-8(5-22)12(27)19-4-10(24)25/h7-9,22-23H,1-6,15H2,(H,19,27)(H,20,26)(H,21,28)(H,24,25)(H4,16,17,18). The monoisotopic (exact) mass is 405 g/mol. The van der Waals surface area contributed by atoms with Crippen molar-refractivity contribution in [3.8, 4) is 0 Å². The number of carboxylic acids is 1. The Morgan fingerprint density at radius 3 is 1.96 bits per heavy atom. The topological polar surface area (TPSA) is 255 Å². The summed E-state index contributed by atoms with van der Waals surface area (Å²) in [6.45, 7) is -2.07. The number of aliphatic hydroxyl groups excluding tert-OH is 2. The molecule has 0 aromatic carbocycles. The molecule has 3 unspecified atom stereocenters. The number of aliphatic imine (C=N–C) groups is 1. The number of carboxylic acid groups (broad SMARTS) is 1. The molecule has 0 bridgehead atoms. The minimum Gasteiger partial charge on any atom is -0.480 e. The zero-order valence-corrected chi connectivity index (χ0v) is 15.1. The molecule has 3 amide bonds. The van der Waals surface area contributed by atoms with Gasteiger partial charge in [0, 0.05) is 6.54 Å². The molecule has 28 heavy (non-hydrogen) atoms. The van der Waals surface area contributed by atoms with Gasteiger partial charge < -0.3 is 48.5 Å². The zero-order chi connectivity index (χ0) is 21.7. The molecule has 12 N–H and O–H groups in total. The summed E-state index contributed by atoms with van der Waals surface area (Å²) in [6, 6.07) is -3.90. The first kappa shape index (κ1) is 25.0. The minimum absolute atomic E-state index is 0.0964. The summed E-state index contributed by atoms with van der Waals surface area (Å²) < 4.78 is 0. The van der Waals surface area contributed by atoms with Crippen LogP contribution in [0.3, 0.4) is 0 Å². The fourth-order valence-corrected chi connectivity index (χ4v) is 1.88. The number of hydrogen-bond donors (Lipinski definition) is 9. The molecule has 3 atom stereocenters. The molecule has 0 saturated carbocycles. The Morgan fingerprint density at radius 2 is 1.46 bits per heavy atom. The normalized spacial score (nSPS) is 13.5. The van der Waals surface area contributed by atoms with Gasteiger partial charge in [-0.2, -0.15) is 0 Å². The first-order valence-electron chi connectivity index (χ1n) is 8.25. The quantitative estimate of drug-likeness (QED) is 0.0797. The number of nitrogens with zero attached hydrogens (tertiary/aromatic N) is 1. The van der Waals surface area contributed by atoms with Crippen molar-refractivity contribution >= 4 is 29.7 Å². The van der Waals surface area contributed by atoms with E-state index in [0.29, 0.717) is 6.42 Å². The third-order valence-corrected chi connectivity index (χ3v) is 3.35. The Kier molecular flexibility index (Phi) is 11.8. The van der Waals surface area contributed by atoms with E-state index in [1.165, 1.54) is 0 Å². The number of aliphatic carboxylic acids is 1. The highest BCUT2D eigenvalue weighted by Crippen LogP contribution is 1.97. The van der Waals surface area contributed by atoms with E-state index in [1.54, 1.807) is 0 Å². The predicted octanol–water partition coefficient (Wildman–Crippen LogP) is -5.48. The third kappa shape index (κ3) is 10.2. The summed E-state index contributed by atoms with van der Waals surface area (Å²) in [5, 5.41) is 33.3. The van der Waals surface area contributed by atoms with Crippen LogP contribution in [0.4, 0.5) is 0 Å². The van der Waals surface area contributed by atoms with Gasteiger partial charge in [0.05, 0.1) is 19.3 Å². The molecule has 0 aliphatic heterocycles. The Balaban J connectivity index is 4.63. The van der Waals surface area contributed by atoms with Crippen molar-refractivity contribution in [2.45, 2.75) is 31.0 Å². The Labute approximate surface area is 160 Å². The lowest BCUT2D eigenvalue weighted by atomic mass is 10.1. The number of carbonyl (C=O) groups excluding carboxylic acids is 3. The summed E-state index contributed by atoms with van der Waals surface area (Å²) in [5.74, 6) is -4.05. The van der Waals surface area contributed by atoms with Crippen molar-refractivity contribution in [3.63, 3.8) is 0 Å². The van der Waals surface area contributed by atoms with Crippen LogP contribution < -0.4 is 33.2 Å². The summed E-state index contributed by atoms with van der Waals surface area (Å²) in [5.41, 5.74) is 16.0. The molecule has 160 valence electrons.